The first-order valence-electron chi connectivity index (χ1n) is 6.02. The Kier molecular flexibility index (Phi) is 3.13. The molecule has 4 heteroatoms. The van der Waals surface area contributed by atoms with E-state index >= 15 is 0 Å². The van der Waals surface area contributed by atoms with Crippen molar-refractivity contribution in [1.29, 1.82) is 0 Å². The average molecular weight is 257 g/mol. The number of thiophene rings is 1. The van der Waals surface area contributed by atoms with Crippen molar-refractivity contribution >= 4 is 16.9 Å². The number of aromatic nitrogens is 2. The summed E-state index contributed by atoms with van der Waals surface area (Å²) in [4.78, 5) is 1.37. The summed E-state index contributed by atoms with van der Waals surface area (Å²) in [6.45, 7) is 3.03. The molecule has 18 heavy (non-hydrogen) atoms. The van der Waals surface area contributed by atoms with Gasteiger partial charge in [0.05, 0.1) is 11.7 Å². The zero-order valence-electron chi connectivity index (χ0n) is 10.2. The van der Waals surface area contributed by atoms with Crippen molar-refractivity contribution in [2.24, 2.45) is 0 Å². The topological polar surface area (TPSA) is 29.3 Å². The van der Waals surface area contributed by atoms with E-state index in [1.807, 2.05) is 29.0 Å². The fourth-order valence-corrected chi connectivity index (χ4v) is 2.78. The summed E-state index contributed by atoms with van der Waals surface area (Å²) >= 11 is 1.79. The molecule has 0 aliphatic rings. The quantitative estimate of drug-likeness (QED) is 0.777. The van der Waals surface area contributed by atoms with Crippen LogP contribution in [-0.4, -0.2) is 9.61 Å². The van der Waals surface area contributed by atoms with Gasteiger partial charge in [-0.3, -0.25) is 0 Å². The van der Waals surface area contributed by atoms with Gasteiger partial charge in [0.25, 0.3) is 0 Å². The number of pyridine rings is 1. The van der Waals surface area contributed by atoms with Gasteiger partial charge in [-0.2, -0.15) is 5.10 Å². The summed E-state index contributed by atoms with van der Waals surface area (Å²) in [6, 6.07) is 10.8. The Morgan fingerprint density at radius 2 is 2.28 bits per heavy atom. The van der Waals surface area contributed by atoms with Gasteiger partial charge in [0, 0.05) is 29.2 Å². The van der Waals surface area contributed by atoms with Crippen LogP contribution >= 0.6 is 11.3 Å². The monoisotopic (exact) mass is 257 g/mol. The molecular formula is C14H15N3S. The van der Waals surface area contributed by atoms with Crippen LogP contribution < -0.4 is 5.32 Å². The Bertz CT molecular complexity index is 627. The summed E-state index contributed by atoms with van der Waals surface area (Å²) in [5, 5.41) is 9.99. The molecule has 0 saturated heterocycles. The van der Waals surface area contributed by atoms with E-state index in [0.29, 0.717) is 6.04 Å². The fourth-order valence-electron chi connectivity index (χ4n) is 2.02. The van der Waals surface area contributed by atoms with Crippen molar-refractivity contribution in [3.8, 4) is 0 Å². The molecule has 3 rings (SSSR count). The lowest BCUT2D eigenvalue weighted by atomic mass is 10.2. The zero-order chi connectivity index (χ0) is 12.4. The Morgan fingerprint density at radius 1 is 1.33 bits per heavy atom. The maximum atomic E-state index is 4.34. The van der Waals surface area contributed by atoms with Gasteiger partial charge in [0.1, 0.15) is 0 Å². The summed E-state index contributed by atoms with van der Waals surface area (Å²) < 4.78 is 1.91. The van der Waals surface area contributed by atoms with E-state index in [9.17, 15) is 0 Å². The van der Waals surface area contributed by atoms with Crippen LogP contribution in [0.1, 0.15) is 23.4 Å². The first kappa shape index (κ1) is 11.4. The van der Waals surface area contributed by atoms with Gasteiger partial charge < -0.3 is 5.32 Å². The zero-order valence-corrected chi connectivity index (χ0v) is 11.0. The Balaban J connectivity index is 1.73. The Labute approximate surface area is 110 Å². The third-order valence-electron chi connectivity index (χ3n) is 3.07. The van der Waals surface area contributed by atoms with E-state index in [4.69, 9.17) is 0 Å². The average Bonchev–Trinajstić information content (AvgIpc) is 3.06. The van der Waals surface area contributed by atoms with Crippen molar-refractivity contribution in [2.45, 2.75) is 19.5 Å². The molecule has 0 radical (unpaired) electrons. The van der Waals surface area contributed by atoms with Gasteiger partial charge in [-0.25, -0.2) is 4.52 Å². The molecule has 0 aliphatic heterocycles. The highest BCUT2D eigenvalue weighted by molar-refractivity contribution is 7.10. The van der Waals surface area contributed by atoms with Crippen LogP contribution in [0.4, 0.5) is 0 Å². The predicted octanol–water partition coefficient (Wildman–Crippen LogP) is 3.25. The van der Waals surface area contributed by atoms with Gasteiger partial charge in [0.2, 0.25) is 0 Å². The Hall–Kier alpha value is -1.65. The lowest BCUT2D eigenvalue weighted by molar-refractivity contribution is 0.584. The molecule has 0 spiro atoms. The highest BCUT2D eigenvalue weighted by atomic mass is 32.1. The molecule has 3 nitrogen and oxygen atoms in total. The highest BCUT2D eigenvalue weighted by Crippen LogP contribution is 2.19. The molecule has 92 valence electrons. The molecule has 3 aromatic heterocycles. The first-order valence-corrected chi connectivity index (χ1v) is 6.90. The predicted molar refractivity (Wildman–Crippen MR) is 74.8 cm³/mol. The van der Waals surface area contributed by atoms with Crippen molar-refractivity contribution in [2.75, 3.05) is 0 Å². The Morgan fingerprint density at radius 3 is 3.11 bits per heavy atom. The second kappa shape index (κ2) is 4.92. The maximum Gasteiger partial charge on any atom is 0.0706 e. The number of fused-ring (bicyclic) bond motifs is 1. The fraction of sp³-hybridized carbons (Fsp3) is 0.214. The molecule has 3 heterocycles. The molecule has 1 N–H and O–H groups in total. The van der Waals surface area contributed by atoms with Crippen LogP contribution in [0.2, 0.25) is 0 Å². The molecule has 1 unspecified atom stereocenters. The number of nitrogens with zero attached hydrogens (tertiary/aromatic N) is 2. The van der Waals surface area contributed by atoms with Gasteiger partial charge >= 0.3 is 0 Å². The summed E-state index contributed by atoms with van der Waals surface area (Å²) in [5.74, 6) is 0. The lowest BCUT2D eigenvalue weighted by Gasteiger charge is -2.11. The van der Waals surface area contributed by atoms with E-state index in [1.54, 1.807) is 11.3 Å². The minimum atomic E-state index is 0.378. The smallest absolute Gasteiger partial charge is 0.0706 e. The number of hydrogen-bond acceptors (Lipinski definition) is 3. The molecule has 3 aromatic rings. The van der Waals surface area contributed by atoms with Crippen molar-refractivity contribution in [1.82, 2.24) is 14.9 Å². The van der Waals surface area contributed by atoms with E-state index < -0.39 is 0 Å². The third-order valence-corrected chi connectivity index (χ3v) is 4.13. The van der Waals surface area contributed by atoms with E-state index in [0.717, 1.165) is 6.54 Å². The van der Waals surface area contributed by atoms with Gasteiger partial charge in [-0.1, -0.05) is 12.1 Å². The molecular weight excluding hydrogens is 242 g/mol. The van der Waals surface area contributed by atoms with Crippen LogP contribution in [0, 0.1) is 0 Å². The molecule has 0 aromatic carbocycles. The number of hydrogen-bond donors (Lipinski definition) is 1. The first-order chi connectivity index (χ1) is 8.84. The number of rotatable bonds is 4. The highest BCUT2D eigenvalue weighted by Gasteiger charge is 2.08. The molecule has 0 bridgehead atoms. The molecule has 0 amide bonds. The molecule has 0 fully saturated rings. The van der Waals surface area contributed by atoms with Crippen molar-refractivity contribution < 1.29 is 0 Å². The summed E-state index contributed by atoms with van der Waals surface area (Å²) in [5.41, 5.74) is 2.40. The normalized spacial score (nSPS) is 12.9. The standard InChI is InChI=1S/C14H15N3S/c1-11(14-6-4-8-18-14)15-9-12-10-16-17-7-3-2-5-13(12)17/h2-8,10-11,15H,9H2,1H3. The van der Waals surface area contributed by atoms with Crippen molar-refractivity contribution in [3.05, 3.63) is 58.5 Å². The van der Waals surface area contributed by atoms with Crippen LogP contribution in [-0.2, 0) is 6.54 Å². The van der Waals surface area contributed by atoms with Crippen LogP contribution in [0.3, 0.4) is 0 Å². The second-order valence-electron chi connectivity index (χ2n) is 4.32. The van der Waals surface area contributed by atoms with Crippen LogP contribution in [0.15, 0.2) is 48.1 Å². The third kappa shape index (κ3) is 2.17. The molecule has 0 aliphatic carbocycles. The molecule has 0 saturated carbocycles. The van der Waals surface area contributed by atoms with Crippen molar-refractivity contribution in [3.63, 3.8) is 0 Å². The maximum absolute atomic E-state index is 4.34. The second-order valence-corrected chi connectivity index (χ2v) is 5.30. The molecule has 1 atom stereocenters. The number of nitrogens with one attached hydrogen (secondary N) is 1. The summed E-state index contributed by atoms with van der Waals surface area (Å²) in [6.07, 6.45) is 3.91. The minimum Gasteiger partial charge on any atom is -0.305 e. The lowest BCUT2D eigenvalue weighted by Crippen LogP contribution is -2.16. The van der Waals surface area contributed by atoms with E-state index in [-0.39, 0.29) is 0 Å². The van der Waals surface area contributed by atoms with E-state index in [1.165, 1.54) is 16.0 Å². The van der Waals surface area contributed by atoms with Crippen LogP contribution in [0.5, 0.6) is 0 Å². The largest absolute Gasteiger partial charge is 0.305 e. The summed E-state index contributed by atoms with van der Waals surface area (Å²) in [7, 11) is 0. The van der Waals surface area contributed by atoms with Crippen LogP contribution in [0.25, 0.3) is 5.52 Å². The van der Waals surface area contributed by atoms with Gasteiger partial charge in [-0.15, -0.1) is 11.3 Å². The van der Waals surface area contributed by atoms with E-state index in [2.05, 4.69) is 40.9 Å². The van der Waals surface area contributed by atoms with Gasteiger partial charge in [-0.05, 0) is 30.5 Å². The van der Waals surface area contributed by atoms with Gasteiger partial charge in [0.15, 0.2) is 0 Å². The minimum absolute atomic E-state index is 0.378. The SMILES string of the molecule is CC(NCc1cnn2ccccc12)c1cccs1.